The van der Waals surface area contributed by atoms with Crippen LogP contribution in [0.1, 0.15) is 24.2 Å². The molecule has 2 rings (SSSR count). The molecule has 2 aromatic rings. The molecular formula is C16H17NO4. The summed E-state index contributed by atoms with van der Waals surface area (Å²) in [6.45, 7) is 3.87. The van der Waals surface area contributed by atoms with Crippen molar-refractivity contribution in [2.45, 2.75) is 20.0 Å². The summed E-state index contributed by atoms with van der Waals surface area (Å²) in [5, 5.41) is 8.96. The summed E-state index contributed by atoms with van der Waals surface area (Å²) >= 11 is 0. The van der Waals surface area contributed by atoms with Crippen molar-refractivity contribution in [3.05, 3.63) is 52.3 Å². The van der Waals surface area contributed by atoms with Gasteiger partial charge in [0.25, 0.3) is 5.56 Å². The van der Waals surface area contributed by atoms with Gasteiger partial charge in [-0.1, -0.05) is 12.1 Å². The number of carbonyl (C=O) groups is 1. The van der Waals surface area contributed by atoms with Gasteiger partial charge in [0.1, 0.15) is 11.3 Å². The van der Waals surface area contributed by atoms with Crippen LogP contribution in [0.15, 0.2) is 41.2 Å². The van der Waals surface area contributed by atoms with Crippen LogP contribution in [0.2, 0.25) is 0 Å². The fourth-order valence-corrected chi connectivity index (χ4v) is 2.09. The van der Waals surface area contributed by atoms with Crippen LogP contribution < -0.4 is 10.3 Å². The van der Waals surface area contributed by atoms with Crippen LogP contribution in [-0.4, -0.2) is 21.7 Å². The zero-order chi connectivity index (χ0) is 15.6. The first-order chi connectivity index (χ1) is 9.90. The molecule has 0 atom stereocenters. The van der Waals surface area contributed by atoms with Crippen molar-refractivity contribution in [3.8, 4) is 17.0 Å². The molecule has 1 N–H and O–H groups in total. The van der Waals surface area contributed by atoms with E-state index in [0.717, 1.165) is 5.56 Å². The second-order valence-corrected chi connectivity index (χ2v) is 5.00. The van der Waals surface area contributed by atoms with E-state index in [0.29, 0.717) is 11.4 Å². The minimum atomic E-state index is -1.22. The van der Waals surface area contributed by atoms with E-state index in [1.165, 1.54) is 10.6 Å². The van der Waals surface area contributed by atoms with Crippen LogP contribution in [0.3, 0.4) is 0 Å². The number of ether oxygens (including phenoxy) is 1. The summed E-state index contributed by atoms with van der Waals surface area (Å²) in [4.78, 5) is 23.0. The highest BCUT2D eigenvalue weighted by Crippen LogP contribution is 2.23. The Morgan fingerprint density at radius 1 is 1.24 bits per heavy atom. The lowest BCUT2D eigenvalue weighted by atomic mass is 10.1. The molecule has 110 valence electrons. The topological polar surface area (TPSA) is 68.5 Å². The van der Waals surface area contributed by atoms with E-state index in [1.54, 1.807) is 13.1 Å². The van der Waals surface area contributed by atoms with Gasteiger partial charge in [0.05, 0.1) is 11.8 Å². The second-order valence-electron chi connectivity index (χ2n) is 5.00. The lowest BCUT2D eigenvalue weighted by molar-refractivity contribution is 0.0694. The fourth-order valence-electron chi connectivity index (χ4n) is 2.09. The Morgan fingerprint density at radius 3 is 2.57 bits per heavy atom. The molecule has 0 saturated carbocycles. The second kappa shape index (κ2) is 5.83. The Bertz CT molecular complexity index is 731. The first kappa shape index (κ1) is 14.8. The van der Waals surface area contributed by atoms with Crippen LogP contribution in [-0.2, 0) is 7.05 Å². The van der Waals surface area contributed by atoms with Gasteiger partial charge >= 0.3 is 5.97 Å². The molecule has 5 nitrogen and oxygen atoms in total. The maximum atomic E-state index is 12.0. The van der Waals surface area contributed by atoms with E-state index in [-0.39, 0.29) is 11.7 Å². The number of hydrogen-bond donors (Lipinski definition) is 1. The third kappa shape index (κ3) is 3.13. The Labute approximate surface area is 122 Å². The van der Waals surface area contributed by atoms with Crippen molar-refractivity contribution in [1.29, 1.82) is 0 Å². The number of rotatable bonds is 4. The number of carboxylic acids is 1. The summed E-state index contributed by atoms with van der Waals surface area (Å²) < 4.78 is 6.96. The van der Waals surface area contributed by atoms with E-state index in [4.69, 9.17) is 9.84 Å². The summed E-state index contributed by atoms with van der Waals surface area (Å²) in [6.07, 6.45) is 0.0541. The SMILES string of the molecule is CC(C)Oc1cccc(-c2ccc(C(=O)O)c(=O)n2C)c1. The number of carboxylic acid groups (broad SMARTS) is 1. The molecule has 0 unspecified atom stereocenters. The van der Waals surface area contributed by atoms with E-state index in [1.807, 2.05) is 38.1 Å². The van der Waals surface area contributed by atoms with Crippen LogP contribution in [0.4, 0.5) is 0 Å². The number of nitrogens with zero attached hydrogens (tertiary/aromatic N) is 1. The van der Waals surface area contributed by atoms with Crippen molar-refractivity contribution in [3.63, 3.8) is 0 Å². The molecule has 0 fully saturated rings. The van der Waals surface area contributed by atoms with Gasteiger partial charge in [-0.25, -0.2) is 4.79 Å². The highest BCUT2D eigenvalue weighted by Gasteiger charge is 2.13. The van der Waals surface area contributed by atoms with Crippen LogP contribution in [0, 0.1) is 0 Å². The number of pyridine rings is 1. The van der Waals surface area contributed by atoms with Crippen molar-refractivity contribution in [2.75, 3.05) is 0 Å². The van der Waals surface area contributed by atoms with E-state index in [2.05, 4.69) is 0 Å². The third-order valence-corrected chi connectivity index (χ3v) is 3.04. The van der Waals surface area contributed by atoms with Crippen molar-refractivity contribution >= 4 is 5.97 Å². The number of hydrogen-bond acceptors (Lipinski definition) is 3. The molecule has 1 aromatic heterocycles. The maximum Gasteiger partial charge on any atom is 0.341 e. The molecule has 0 radical (unpaired) electrons. The van der Waals surface area contributed by atoms with Gasteiger partial charge < -0.3 is 14.4 Å². The Morgan fingerprint density at radius 2 is 1.95 bits per heavy atom. The molecule has 0 amide bonds. The molecule has 21 heavy (non-hydrogen) atoms. The molecule has 0 aliphatic rings. The van der Waals surface area contributed by atoms with E-state index in [9.17, 15) is 9.59 Å². The smallest absolute Gasteiger partial charge is 0.341 e. The molecule has 1 heterocycles. The van der Waals surface area contributed by atoms with Gasteiger partial charge in [-0.15, -0.1) is 0 Å². The number of benzene rings is 1. The molecule has 1 aromatic carbocycles. The monoisotopic (exact) mass is 287 g/mol. The van der Waals surface area contributed by atoms with Gasteiger partial charge in [-0.05, 0) is 38.1 Å². The fraction of sp³-hybridized carbons (Fsp3) is 0.250. The normalized spacial score (nSPS) is 10.7. The number of aromatic nitrogens is 1. The molecule has 0 aliphatic heterocycles. The quantitative estimate of drug-likeness (QED) is 0.938. The van der Waals surface area contributed by atoms with Crippen LogP contribution in [0.5, 0.6) is 5.75 Å². The first-order valence-electron chi connectivity index (χ1n) is 6.60. The highest BCUT2D eigenvalue weighted by molar-refractivity contribution is 5.87. The molecule has 0 bridgehead atoms. The Balaban J connectivity index is 2.50. The van der Waals surface area contributed by atoms with Gasteiger partial charge in [-0.3, -0.25) is 4.79 Å². The largest absolute Gasteiger partial charge is 0.491 e. The minimum Gasteiger partial charge on any atom is -0.491 e. The van der Waals surface area contributed by atoms with Crippen molar-refractivity contribution < 1.29 is 14.6 Å². The average Bonchev–Trinajstić information content (AvgIpc) is 2.41. The highest BCUT2D eigenvalue weighted by atomic mass is 16.5. The van der Waals surface area contributed by atoms with Crippen molar-refractivity contribution in [2.24, 2.45) is 7.05 Å². The lowest BCUT2D eigenvalue weighted by Crippen LogP contribution is -2.25. The van der Waals surface area contributed by atoms with Gasteiger partial charge in [-0.2, -0.15) is 0 Å². The minimum absolute atomic E-state index is 0.0541. The third-order valence-electron chi connectivity index (χ3n) is 3.04. The summed E-state index contributed by atoms with van der Waals surface area (Å²) in [6, 6.07) is 10.3. The molecule has 5 heteroatoms. The van der Waals surface area contributed by atoms with Gasteiger partial charge in [0, 0.05) is 12.6 Å². The average molecular weight is 287 g/mol. The van der Waals surface area contributed by atoms with Crippen LogP contribution >= 0.6 is 0 Å². The Hall–Kier alpha value is -2.56. The van der Waals surface area contributed by atoms with E-state index < -0.39 is 11.5 Å². The number of aromatic carboxylic acids is 1. The lowest BCUT2D eigenvalue weighted by Gasteiger charge is -2.13. The van der Waals surface area contributed by atoms with Crippen LogP contribution in [0.25, 0.3) is 11.3 Å². The molecular weight excluding hydrogens is 270 g/mol. The zero-order valence-corrected chi connectivity index (χ0v) is 12.2. The standard InChI is InChI=1S/C16H17NO4/c1-10(2)21-12-6-4-5-11(9-12)14-8-7-13(16(19)20)15(18)17(14)3/h4-10H,1-3H3,(H,19,20). The summed E-state index contributed by atoms with van der Waals surface area (Å²) in [5.41, 5.74) is 0.662. The summed E-state index contributed by atoms with van der Waals surface area (Å²) in [5.74, 6) is -0.517. The Kier molecular flexibility index (Phi) is 4.12. The first-order valence-corrected chi connectivity index (χ1v) is 6.60. The zero-order valence-electron chi connectivity index (χ0n) is 12.2. The van der Waals surface area contributed by atoms with Gasteiger partial charge in [0.15, 0.2) is 0 Å². The molecule has 0 spiro atoms. The van der Waals surface area contributed by atoms with Gasteiger partial charge in [0.2, 0.25) is 0 Å². The predicted octanol–water partition coefficient (Wildman–Crippen LogP) is 2.54. The summed E-state index contributed by atoms with van der Waals surface area (Å²) in [7, 11) is 1.56. The maximum absolute atomic E-state index is 12.0. The molecule has 0 saturated heterocycles. The molecule has 0 aliphatic carbocycles. The van der Waals surface area contributed by atoms with E-state index >= 15 is 0 Å². The predicted molar refractivity (Wildman–Crippen MR) is 79.8 cm³/mol. The van der Waals surface area contributed by atoms with Crippen molar-refractivity contribution in [1.82, 2.24) is 4.57 Å².